The molecule has 0 aliphatic carbocycles. The minimum atomic E-state index is -1.12. The summed E-state index contributed by atoms with van der Waals surface area (Å²) in [5, 5.41) is 17.8. The summed E-state index contributed by atoms with van der Waals surface area (Å²) in [6.45, 7) is 4.62. The second-order valence-corrected chi connectivity index (χ2v) is 6.68. The van der Waals surface area contributed by atoms with Crippen molar-refractivity contribution < 1.29 is 38.9 Å². The Morgan fingerprint density at radius 1 is 0.625 bits per heavy atom. The molecule has 0 atom stereocenters. The van der Waals surface area contributed by atoms with Gasteiger partial charge in [-0.3, -0.25) is 0 Å². The summed E-state index contributed by atoms with van der Waals surface area (Å²) >= 11 is 0. The van der Waals surface area contributed by atoms with Crippen LogP contribution in [0.5, 0.6) is 0 Å². The molecular formula is C24H28O8. The van der Waals surface area contributed by atoms with E-state index in [1.807, 2.05) is 13.8 Å². The molecule has 0 spiro atoms. The molecule has 2 aromatic carbocycles. The summed E-state index contributed by atoms with van der Waals surface area (Å²) in [6, 6.07) is 12.1. The van der Waals surface area contributed by atoms with Crippen molar-refractivity contribution in [1.82, 2.24) is 0 Å². The van der Waals surface area contributed by atoms with Gasteiger partial charge in [-0.25, -0.2) is 19.2 Å². The molecule has 8 nitrogen and oxygen atoms in total. The van der Waals surface area contributed by atoms with Crippen molar-refractivity contribution in [3.05, 3.63) is 70.8 Å². The zero-order valence-corrected chi connectivity index (χ0v) is 18.2. The monoisotopic (exact) mass is 444 g/mol. The average Bonchev–Trinajstić information content (AvgIpc) is 2.79. The number of rotatable bonds is 10. The Morgan fingerprint density at radius 3 is 1.22 bits per heavy atom. The van der Waals surface area contributed by atoms with Gasteiger partial charge < -0.3 is 19.7 Å². The van der Waals surface area contributed by atoms with E-state index in [9.17, 15) is 19.2 Å². The highest BCUT2D eigenvalue weighted by Gasteiger charge is 2.17. The molecule has 172 valence electrons. The second-order valence-electron chi connectivity index (χ2n) is 6.68. The third kappa shape index (κ3) is 8.59. The first-order chi connectivity index (χ1) is 15.3. The van der Waals surface area contributed by atoms with Crippen molar-refractivity contribution in [2.75, 3.05) is 13.2 Å². The average molecular weight is 444 g/mol. The maximum Gasteiger partial charge on any atom is 0.339 e. The van der Waals surface area contributed by atoms with Crippen molar-refractivity contribution in [2.45, 2.75) is 39.5 Å². The number of carbonyl (C=O) groups is 4. The van der Waals surface area contributed by atoms with Gasteiger partial charge in [0.2, 0.25) is 0 Å². The molecule has 0 saturated heterocycles. The number of unbranched alkanes of at least 4 members (excludes halogenated alkanes) is 2. The van der Waals surface area contributed by atoms with E-state index < -0.39 is 23.9 Å². The van der Waals surface area contributed by atoms with Crippen LogP contribution in [0.1, 0.15) is 81.0 Å². The van der Waals surface area contributed by atoms with Crippen molar-refractivity contribution in [3.63, 3.8) is 0 Å². The van der Waals surface area contributed by atoms with Crippen LogP contribution in [0.2, 0.25) is 0 Å². The summed E-state index contributed by atoms with van der Waals surface area (Å²) in [5.74, 6) is -3.40. The normalized spacial score (nSPS) is 9.81. The number of benzene rings is 2. The quantitative estimate of drug-likeness (QED) is 0.399. The van der Waals surface area contributed by atoms with Gasteiger partial charge in [0.1, 0.15) is 0 Å². The molecule has 0 aromatic heterocycles. The minimum Gasteiger partial charge on any atom is -0.478 e. The first-order valence-electron chi connectivity index (χ1n) is 10.3. The zero-order chi connectivity index (χ0) is 23.9. The summed E-state index contributed by atoms with van der Waals surface area (Å²) in [4.78, 5) is 44.8. The van der Waals surface area contributed by atoms with E-state index >= 15 is 0 Å². The van der Waals surface area contributed by atoms with Crippen LogP contribution < -0.4 is 0 Å². The SMILES string of the molecule is CCCCOC(=O)c1ccccc1C(=O)O.CCCCOC(=O)c1ccccc1C(=O)O. The van der Waals surface area contributed by atoms with E-state index in [4.69, 9.17) is 19.7 Å². The number of hydrogen-bond acceptors (Lipinski definition) is 6. The Labute approximate surface area is 186 Å². The molecular weight excluding hydrogens is 416 g/mol. The lowest BCUT2D eigenvalue weighted by molar-refractivity contribution is 0.0484. The Bertz CT molecular complexity index is 844. The number of aromatic carboxylic acids is 2. The molecule has 0 saturated carbocycles. The highest BCUT2D eigenvalue weighted by atomic mass is 16.5. The lowest BCUT2D eigenvalue weighted by atomic mass is 10.1. The molecule has 8 heteroatoms. The molecule has 0 radical (unpaired) electrons. The van der Waals surface area contributed by atoms with Gasteiger partial charge in [-0.1, -0.05) is 51.0 Å². The lowest BCUT2D eigenvalue weighted by Crippen LogP contribution is -2.12. The van der Waals surface area contributed by atoms with Crippen molar-refractivity contribution in [3.8, 4) is 0 Å². The number of ether oxygens (including phenoxy) is 2. The van der Waals surface area contributed by atoms with Gasteiger partial charge in [0.25, 0.3) is 0 Å². The smallest absolute Gasteiger partial charge is 0.339 e. The second kappa shape index (κ2) is 14.3. The summed E-state index contributed by atoms with van der Waals surface area (Å²) in [6.07, 6.45) is 3.41. The predicted octanol–water partition coefficient (Wildman–Crippen LogP) is 4.68. The molecule has 0 aliphatic rings. The number of carboxylic acid groups (broad SMARTS) is 2. The first-order valence-corrected chi connectivity index (χ1v) is 10.3. The van der Waals surface area contributed by atoms with E-state index in [2.05, 4.69) is 0 Å². The minimum absolute atomic E-state index is 0.0241. The maximum atomic E-state index is 11.6. The number of carboxylic acids is 2. The fraction of sp³-hybridized carbons (Fsp3) is 0.333. The predicted molar refractivity (Wildman–Crippen MR) is 117 cm³/mol. The van der Waals surface area contributed by atoms with E-state index in [1.165, 1.54) is 24.3 Å². The van der Waals surface area contributed by atoms with Crippen molar-refractivity contribution in [2.24, 2.45) is 0 Å². The molecule has 32 heavy (non-hydrogen) atoms. The Balaban J connectivity index is 0.000000320. The van der Waals surface area contributed by atoms with Gasteiger partial charge >= 0.3 is 23.9 Å². The maximum absolute atomic E-state index is 11.6. The summed E-state index contributed by atoms with van der Waals surface area (Å²) < 4.78 is 9.91. The zero-order valence-electron chi connectivity index (χ0n) is 18.2. The van der Waals surface area contributed by atoms with Crippen molar-refractivity contribution in [1.29, 1.82) is 0 Å². The molecule has 0 heterocycles. The van der Waals surface area contributed by atoms with Crippen LogP contribution >= 0.6 is 0 Å². The highest BCUT2D eigenvalue weighted by Crippen LogP contribution is 2.11. The molecule has 0 amide bonds. The Morgan fingerprint density at radius 2 is 0.938 bits per heavy atom. The third-order valence-corrected chi connectivity index (χ3v) is 4.22. The molecule has 0 unspecified atom stereocenters. The number of esters is 2. The lowest BCUT2D eigenvalue weighted by Gasteiger charge is -2.06. The first kappa shape index (κ1) is 26.4. The summed E-state index contributed by atoms with van der Waals surface area (Å²) in [7, 11) is 0. The fourth-order valence-corrected chi connectivity index (χ4v) is 2.47. The van der Waals surface area contributed by atoms with E-state index in [-0.39, 0.29) is 22.3 Å². The summed E-state index contributed by atoms with van der Waals surface area (Å²) in [5.41, 5.74) is 0.158. The standard InChI is InChI=1S/2C12H14O4/c2*1-2-3-8-16-12(15)10-7-5-4-6-9(10)11(13)14/h2*4-7H,2-3,8H2,1H3,(H,13,14). The van der Waals surface area contributed by atoms with Gasteiger partial charge in [0.15, 0.2) is 0 Å². The fourth-order valence-electron chi connectivity index (χ4n) is 2.47. The highest BCUT2D eigenvalue weighted by molar-refractivity contribution is 6.03. The van der Waals surface area contributed by atoms with Crippen LogP contribution in [-0.2, 0) is 9.47 Å². The van der Waals surface area contributed by atoms with Crippen LogP contribution in [-0.4, -0.2) is 47.3 Å². The Kier molecular flexibility index (Phi) is 11.8. The van der Waals surface area contributed by atoms with Crippen molar-refractivity contribution >= 4 is 23.9 Å². The van der Waals surface area contributed by atoms with Gasteiger partial charge in [0.05, 0.1) is 35.5 Å². The van der Waals surface area contributed by atoms with Crippen LogP contribution in [0.25, 0.3) is 0 Å². The third-order valence-electron chi connectivity index (χ3n) is 4.22. The van der Waals surface area contributed by atoms with Crippen LogP contribution in [0.4, 0.5) is 0 Å². The van der Waals surface area contributed by atoms with Gasteiger partial charge in [-0.2, -0.15) is 0 Å². The van der Waals surface area contributed by atoms with Crippen LogP contribution in [0, 0.1) is 0 Å². The van der Waals surface area contributed by atoms with Crippen LogP contribution in [0.3, 0.4) is 0 Å². The van der Waals surface area contributed by atoms with E-state index in [0.29, 0.717) is 13.2 Å². The largest absolute Gasteiger partial charge is 0.478 e. The van der Waals surface area contributed by atoms with E-state index in [0.717, 1.165) is 25.7 Å². The molecule has 2 aromatic rings. The topological polar surface area (TPSA) is 127 Å². The van der Waals surface area contributed by atoms with Gasteiger partial charge in [0, 0.05) is 0 Å². The molecule has 0 aliphatic heterocycles. The van der Waals surface area contributed by atoms with Gasteiger partial charge in [-0.15, -0.1) is 0 Å². The molecule has 0 fully saturated rings. The molecule has 0 bridgehead atoms. The molecule has 2 rings (SSSR count). The Hall–Kier alpha value is -3.68. The van der Waals surface area contributed by atoms with Crippen LogP contribution in [0.15, 0.2) is 48.5 Å². The molecule has 2 N–H and O–H groups in total. The van der Waals surface area contributed by atoms with Gasteiger partial charge in [-0.05, 0) is 37.1 Å². The van der Waals surface area contributed by atoms with E-state index in [1.54, 1.807) is 24.3 Å². The number of hydrogen-bond donors (Lipinski definition) is 2. The number of carbonyl (C=O) groups excluding carboxylic acids is 2.